The zero-order chi connectivity index (χ0) is 10.2. The molecule has 5 heteroatoms. The van der Waals surface area contributed by atoms with Crippen molar-refractivity contribution in [3.63, 3.8) is 0 Å². The van der Waals surface area contributed by atoms with E-state index in [2.05, 4.69) is 0 Å². The van der Waals surface area contributed by atoms with Gasteiger partial charge in [0.2, 0.25) is 0 Å². The van der Waals surface area contributed by atoms with Crippen molar-refractivity contribution in [2.24, 2.45) is 5.14 Å². The third kappa shape index (κ3) is 2.37. The monoisotopic (exact) mass is 219 g/mol. The van der Waals surface area contributed by atoms with Gasteiger partial charge in [-0.3, -0.25) is 0 Å². The quantitative estimate of drug-likeness (QED) is 0.786. The van der Waals surface area contributed by atoms with Crippen molar-refractivity contribution in [1.29, 1.82) is 0 Å². The van der Waals surface area contributed by atoms with E-state index in [-0.39, 0.29) is 0 Å². The minimum atomic E-state index is -1.45. The van der Waals surface area contributed by atoms with Gasteiger partial charge in [0.1, 0.15) is 15.2 Å². The van der Waals surface area contributed by atoms with Gasteiger partial charge in [-0.1, -0.05) is 0 Å². The second-order valence-electron chi connectivity index (χ2n) is 3.44. The lowest BCUT2D eigenvalue weighted by molar-refractivity contribution is 0.0825. The van der Waals surface area contributed by atoms with E-state index in [1.807, 2.05) is 13.0 Å². The molecule has 0 amide bonds. The van der Waals surface area contributed by atoms with Gasteiger partial charge in [0.15, 0.2) is 0 Å². The third-order valence-corrected chi connectivity index (χ3v) is 4.43. The Bertz CT molecular complexity index is 338. The predicted molar refractivity (Wildman–Crippen MR) is 54.9 cm³/mol. The molecule has 1 rings (SSSR count). The fourth-order valence-corrected chi connectivity index (χ4v) is 2.85. The van der Waals surface area contributed by atoms with E-state index in [1.54, 1.807) is 13.8 Å². The lowest BCUT2D eigenvalue weighted by Gasteiger charge is -2.13. The van der Waals surface area contributed by atoms with Crippen molar-refractivity contribution in [1.82, 2.24) is 0 Å². The van der Waals surface area contributed by atoms with Crippen molar-refractivity contribution in [2.45, 2.75) is 30.6 Å². The van der Waals surface area contributed by atoms with Crippen molar-refractivity contribution in [2.75, 3.05) is 0 Å². The van der Waals surface area contributed by atoms with Crippen LogP contribution >= 0.6 is 11.3 Å². The van der Waals surface area contributed by atoms with E-state index in [9.17, 15) is 9.32 Å². The number of rotatable bonds is 2. The zero-order valence-corrected chi connectivity index (χ0v) is 9.46. The maximum Gasteiger partial charge on any atom is 0.132 e. The summed E-state index contributed by atoms with van der Waals surface area (Å²) in [4.78, 5) is 0.791. The Hall–Kier alpha value is -0.230. The van der Waals surface area contributed by atoms with E-state index in [1.165, 1.54) is 11.3 Å². The van der Waals surface area contributed by atoms with Crippen LogP contribution in [0.25, 0.3) is 0 Å². The Kier molecular flexibility index (Phi) is 2.91. The van der Waals surface area contributed by atoms with Crippen molar-refractivity contribution < 1.29 is 9.32 Å². The number of thiophene rings is 1. The molecule has 74 valence electrons. The summed E-state index contributed by atoms with van der Waals surface area (Å²) in [7, 11) is -1.45. The summed E-state index contributed by atoms with van der Waals surface area (Å²) in [5.74, 6) is 0. The van der Waals surface area contributed by atoms with Crippen LogP contribution in [0.15, 0.2) is 10.3 Å². The van der Waals surface area contributed by atoms with Crippen molar-refractivity contribution >= 4 is 22.3 Å². The van der Waals surface area contributed by atoms with Gasteiger partial charge in [-0.2, -0.15) is 0 Å². The highest BCUT2D eigenvalue weighted by Gasteiger charge is 2.21. The Morgan fingerprint density at radius 1 is 1.62 bits per heavy atom. The molecular formula is C8H13NO2S2. The summed E-state index contributed by atoms with van der Waals surface area (Å²) in [6.07, 6.45) is 0. The largest absolute Gasteiger partial charge is 0.385 e. The third-order valence-electron chi connectivity index (χ3n) is 1.66. The van der Waals surface area contributed by atoms with Gasteiger partial charge in [-0.25, -0.2) is 9.35 Å². The van der Waals surface area contributed by atoms with Crippen LogP contribution in [0.5, 0.6) is 0 Å². The van der Waals surface area contributed by atoms with E-state index in [0.717, 1.165) is 10.4 Å². The molecule has 0 saturated heterocycles. The Morgan fingerprint density at radius 2 is 2.15 bits per heavy atom. The first-order valence-electron chi connectivity index (χ1n) is 3.82. The second-order valence-corrected chi connectivity index (χ2v) is 5.75. The van der Waals surface area contributed by atoms with Crippen LogP contribution in [0.2, 0.25) is 0 Å². The molecule has 0 spiro atoms. The van der Waals surface area contributed by atoms with E-state index in [0.29, 0.717) is 4.21 Å². The lowest BCUT2D eigenvalue weighted by Crippen LogP contribution is -2.12. The average molecular weight is 219 g/mol. The maximum atomic E-state index is 11.0. The molecule has 0 aliphatic rings. The van der Waals surface area contributed by atoms with Gasteiger partial charge < -0.3 is 5.11 Å². The van der Waals surface area contributed by atoms with E-state index < -0.39 is 16.6 Å². The molecule has 3 nitrogen and oxygen atoms in total. The number of aliphatic hydroxyl groups is 1. The van der Waals surface area contributed by atoms with Crippen LogP contribution in [0.1, 0.15) is 24.3 Å². The maximum absolute atomic E-state index is 11.0. The highest BCUT2D eigenvalue weighted by atomic mass is 32.2. The van der Waals surface area contributed by atoms with Gasteiger partial charge >= 0.3 is 0 Å². The number of nitrogens with two attached hydrogens (primary N) is 1. The minimum absolute atomic E-state index is 0.636. The Morgan fingerprint density at radius 3 is 2.38 bits per heavy atom. The molecule has 0 aliphatic heterocycles. The topological polar surface area (TPSA) is 63.3 Å². The Labute approximate surface area is 84.2 Å². The molecule has 1 atom stereocenters. The molecule has 0 fully saturated rings. The molecule has 0 aromatic carbocycles. The highest BCUT2D eigenvalue weighted by Crippen LogP contribution is 2.31. The van der Waals surface area contributed by atoms with Crippen LogP contribution in [-0.4, -0.2) is 9.32 Å². The summed E-state index contributed by atoms with van der Waals surface area (Å²) in [6.45, 7) is 5.23. The molecule has 13 heavy (non-hydrogen) atoms. The fourth-order valence-electron chi connectivity index (χ4n) is 0.967. The summed E-state index contributed by atoms with van der Waals surface area (Å²) in [5.41, 5.74) is -0.00416. The minimum Gasteiger partial charge on any atom is -0.385 e. The van der Waals surface area contributed by atoms with Crippen molar-refractivity contribution in [3.05, 3.63) is 16.5 Å². The van der Waals surface area contributed by atoms with E-state index >= 15 is 0 Å². The number of aryl methyl sites for hydroxylation is 1. The Balaban J connectivity index is 3.17. The van der Waals surface area contributed by atoms with Gasteiger partial charge in [-0.05, 0) is 32.4 Å². The summed E-state index contributed by atoms with van der Waals surface area (Å²) < 4.78 is 11.7. The molecule has 0 aliphatic carbocycles. The van der Waals surface area contributed by atoms with Crippen LogP contribution in [0.3, 0.4) is 0 Å². The molecule has 3 N–H and O–H groups in total. The van der Waals surface area contributed by atoms with Gasteiger partial charge in [0.25, 0.3) is 0 Å². The van der Waals surface area contributed by atoms with Crippen LogP contribution in [0.4, 0.5) is 0 Å². The van der Waals surface area contributed by atoms with Crippen LogP contribution in [-0.2, 0) is 16.6 Å². The molecular weight excluding hydrogens is 206 g/mol. The molecule has 1 aromatic rings. The molecule has 0 bridgehead atoms. The molecule has 1 heterocycles. The molecule has 1 unspecified atom stereocenters. The molecule has 1 aromatic heterocycles. The predicted octanol–water partition coefficient (Wildman–Crippen LogP) is 1.27. The fraction of sp³-hybridized carbons (Fsp3) is 0.500. The number of hydrogen-bond acceptors (Lipinski definition) is 3. The van der Waals surface area contributed by atoms with Gasteiger partial charge in [-0.15, -0.1) is 11.3 Å². The first-order chi connectivity index (χ1) is 5.82. The first-order valence-corrected chi connectivity index (χ1v) is 5.85. The molecule has 0 radical (unpaired) electrons. The second kappa shape index (κ2) is 3.49. The zero-order valence-electron chi connectivity index (χ0n) is 7.83. The summed E-state index contributed by atoms with van der Waals surface area (Å²) in [5, 5.41) is 15.0. The standard InChI is InChI=1S/C8H13NO2S2/c1-5-4-6(8(2,3)10)12-7(5)13(9)11/h4,10H,9H2,1-3H3. The SMILES string of the molecule is Cc1cc(C(C)(C)O)sc1S(N)=O. The summed E-state index contributed by atoms with van der Waals surface area (Å²) in [6, 6.07) is 1.82. The smallest absolute Gasteiger partial charge is 0.132 e. The van der Waals surface area contributed by atoms with Gasteiger partial charge in [0.05, 0.1) is 5.60 Å². The van der Waals surface area contributed by atoms with E-state index in [4.69, 9.17) is 5.14 Å². The number of hydrogen-bond donors (Lipinski definition) is 2. The normalized spacial score (nSPS) is 14.5. The first kappa shape index (κ1) is 10.8. The summed E-state index contributed by atoms with van der Waals surface area (Å²) >= 11 is 1.30. The van der Waals surface area contributed by atoms with Crippen LogP contribution in [0, 0.1) is 6.92 Å². The van der Waals surface area contributed by atoms with Crippen molar-refractivity contribution in [3.8, 4) is 0 Å². The highest BCUT2D eigenvalue weighted by molar-refractivity contribution is 7.85. The average Bonchev–Trinajstić information content (AvgIpc) is 2.29. The van der Waals surface area contributed by atoms with Gasteiger partial charge in [0, 0.05) is 4.88 Å². The lowest BCUT2D eigenvalue weighted by atomic mass is 10.1. The van der Waals surface area contributed by atoms with Crippen LogP contribution < -0.4 is 5.14 Å². The molecule has 0 saturated carbocycles.